The lowest BCUT2D eigenvalue weighted by Crippen LogP contribution is -2.15. The third kappa shape index (κ3) is 3.06. The molecule has 1 amide bonds. The molecule has 0 fully saturated rings. The van der Waals surface area contributed by atoms with Gasteiger partial charge in [0.15, 0.2) is 0 Å². The number of nitrogens with zero attached hydrogens (tertiary/aromatic N) is 1. The summed E-state index contributed by atoms with van der Waals surface area (Å²) in [6.45, 7) is 2.75. The quantitative estimate of drug-likeness (QED) is 0.773. The number of carbonyl (C=O) groups excluding carboxylic acids is 1. The van der Waals surface area contributed by atoms with Crippen molar-refractivity contribution in [2.24, 2.45) is 5.73 Å². The van der Waals surface area contributed by atoms with Crippen LogP contribution in [0.2, 0.25) is 0 Å². The summed E-state index contributed by atoms with van der Waals surface area (Å²) in [7, 11) is 0. The van der Waals surface area contributed by atoms with E-state index < -0.39 is 5.91 Å². The average molecular weight is 270 g/mol. The molecule has 0 aliphatic carbocycles. The lowest BCUT2D eigenvalue weighted by molar-refractivity contribution is 0.100. The van der Waals surface area contributed by atoms with Gasteiger partial charge in [-0.25, -0.2) is 4.98 Å². The van der Waals surface area contributed by atoms with Crippen LogP contribution in [0.1, 0.15) is 28.4 Å². The molecular formula is C15H18N4O. The summed E-state index contributed by atoms with van der Waals surface area (Å²) >= 11 is 0. The number of amides is 1. The van der Waals surface area contributed by atoms with Crippen LogP contribution in [0.3, 0.4) is 0 Å². The number of aryl methyl sites for hydroxylation is 1. The van der Waals surface area contributed by atoms with E-state index in [1.807, 2.05) is 12.1 Å². The van der Waals surface area contributed by atoms with Crippen LogP contribution in [0, 0.1) is 0 Å². The van der Waals surface area contributed by atoms with Gasteiger partial charge in [-0.05, 0) is 23.6 Å². The number of hydrogen-bond acceptors (Lipinski definition) is 4. The summed E-state index contributed by atoms with van der Waals surface area (Å²) in [5.74, 6) is 0.0285. The van der Waals surface area contributed by atoms with Gasteiger partial charge in [0.2, 0.25) is 0 Å². The highest BCUT2D eigenvalue weighted by Crippen LogP contribution is 2.16. The predicted octanol–water partition coefficient (Wildman–Crippen LogP) is 1.94. The van der Waals surface area contributed by atoms with Crippen LogP contribution in [0.4, 0.5) is 11.5 Å². The first-order valence-electron chi connectivity index (χ1n) is 6.47. The van der Waals surface area contributed by atoms with Gasteiger partial charge in [0, 0.05) is 6.54 Å². The standard InChI is InChI=1S/C15H18N4O/c1-2-10-5-3-4-6-11(10)8-18-14-7-12(15(17)20)13(16)9-19-14/h3-7,9H,2,8,16H2,1H3,(H2,17,20)(H,18,19). The number of nitrogens with one attached hydrogen (secondary N) is 1. The second kappa shape index (κ2) is 6.06. The zero-order valence-electron chi connectivity index (χ0n) is 11.4. The smallest absolute Gasteiger partial charge is 0.250 e. The average Bonchev–Trinajstić information content (AvgIpc) is 2.46. The van der Waals surface area contributed by atoms with Gasteiger partial charge < -0.3 is 16.8 Å². The Bertz CT molecular complexity index is 625. The van der Waals surface area contributed by atoms with Crippen LogP contribution in [0.15, 0.2) is 36.5 Å². The second-order valence-corrected chi connectivity index (χ2v) is 4.50. The van der Waals surface area contributed by atoms with E-state index in [1.165, 1.54) is 17.3 Å². The van der Waals surface area contributed by atoms with Crippen molar-refractivity contribution in [2.75, 3.05) is 11.1 Å². The number of hydrogen-bond donors (Lipinski definition) is 3. The van der Waals surface area contributed by atoms with E-state index in [0.717, 1.165) is 6.42 Å². The maximum atomic E-state index is 11.2. The molecule has 0 aliphatic rings. The second-order valence-electron chi connectivity index (χ2n) is 4.50. The van der Waals surface area contributed by atoms with Crippen LogP contribution < -0.4 is 16.8 Å². The minimum atomic E-state index is -0.554. The van der Waals surface area contributed by atoms with Crippen LogP contribution >= 0.6 is 0 Å². The molecule has 5 heteroatoms. The van der Waals surface area contributed by atoms with Crippen molar-refractivity contribution in [3.05, 3.63) is 53.2 Å². The Morgan fingerprint density at radius 1 is 1.30 bits per heavy atom. The van der Waals surface area contributed by atoms with Crippen molar-refractivity contribution in [3.8, 4) is 0 Å². The first-order valence-corrected chi connectivity index (χ1v) is 6.47. The van der Waals surface area contributed by atoms with E-state index >= 15 is 0 Å². The SMILES string of the molecule is CCc1ccccc1CNc1cc(C(N)=O)c(N)cn1. The molecule has 2 aromatic rings. The van der Waals surface area contributed by atoms with Gasteiger partial charge in [0.05, 0.1) is 17.4 Å². The first-order chi connectivity index (χ1) is 9.61. The summed E-state index contributed by atoms with van der Waals surface area (Å²) in [5, 5.41) is 3.18. The number of aromatic nitrogens is 1. The molecule has 1 aromatic heterocycles. The Balaban J connectivity index is 2.15. The van der Waals surface area contributed by atoms with Crippen molar-refractivity contribution in [1.29, 1.82) is 0 Å². The lowest BCUT2D eigenvalue weighted by Gasteiger charge is -2.11. The molecule has 0 unspecified atom stereocenters. The number of anilines is 2. The maximum absolute atomic E-state index is 11.2. The number of rotatable bonds is 5. The van der Waals surface area contributed by atoms with E-state index in [-0.39, 0.29) is 11.3 Å². The highest BCUT2D eigenvalue weighted by atomic mass is 16.1. The van der Waals surface area contributed by atoms with Crippen LogP contribution in [-0.4, -0.2) is 10.9 Å². The molecule has 104 valence electrons. The number of nitrogens with two attached hydrogens (primary N) is 2. The lowest BCUT2D eigenvalue weighted by atomic mass is 10.1. The number of carbonyl (C=O) groups is 1. The topological polar surface area (TPSA) is 94.0 Å². The van der Waals surface area contributed by atoms with Crippen molar-refractivity contribution in [1.82, 2.24) is 4.98 Å². The Morgan fingerprint density at radius 3 is 2.65 bits per heavy atom. The van der Waals surface area contributed by atoms with Crippen molar-refractivity contribution in [2.45, 2.75) is 19.9 Å². The zero-order chi connectivity index (χ0) is 14.5. The van der Waals surface area contributed by atoms with Gasteiger partial charge in [-0.3, -0.25) is 4.79 Å². The highest BCUT2D eigenvalue weighted by molar-refractivity contribution is 5.98. The van der Waals surface area contributed by atoms with Gasteiger partial charge in [-0.15, -0.1) is 0 Å². The van der Waals surface area contributed by atoms with Gasteiger partial charge >= 0.3 is 0 Å². The first kappa shape index (κ1) is 13.9. The highest BCUT2D eigenvalue weighted by Gasteiger charge is 2.08. The Labute approximate surface area is 118 Å². The molecular weight excluding hydrogens is 252 g/mol. The molecule has 5 nitrogen and oxygen atoms in total. The molecule has 20 heavy (non-hydrogen) atoms. The third-order valence-corrected chi connectivity index (χ3v) is 3.16. The van der Waals surface area contributed by atoms with E-state index in [4.69, 9.17) is 11.5 Å². The minimum absolute atomic E-state index is 0.284. The maximum Gasteiger partial charge on any atom is 0.250 e. The largest absolute Gasteiger partial charge is 0.397 e. The Kier molecular flexibility index (Phi) is 4.20. The van der Waals surface area contributed by atoms with Gasteiger partial charge in [-0.1, -0.05) is 31.2 Å². The third-order valence-electron chi connectivity index (χ3n) is 3.16. The van der Waals surface area contributed by atoms with Gasteiger partial charge in [0.1, 0.15) is 5.82 Å². The molecule has 0 atom stereocenters. The molecule has 0 spiro atoms. The molecule has 5 N–H and O–H groups in total. The normalized spacial score (nSPS) is 10.2. The van der Waals surface area contributed by atoms with Crippen LogP contribution in [0.5, 0.6) is 0 Å². The summed E-state index contributed by atoms with van der Waals surface area (Å²) < 4.78 is 0. The Hall–Kier alpha value is -2.56. The summed E-state index contributed by atoms with van der Waals surface area (Å²) in [4.78, 5) is 15.4. The predicted molar refractivity (Wildman–Crippen MR) is 80.3 cm³/mol. The van der Waals surface area contributed by atoms with Gasteiger partial charge in [-0.2, -0.15) is 0 Å². The fraction of sp³-hybridized carbons (Fsp3) is 0.200. The van der Waals surface area contributed by atoms with E-state index in [1.54, 1.807) is 6.07 Å². The van der Waals surface area contributed by atoms with Crippen molar-refractivity contribution >= 4 is 17.4 Å². The molecule has 1 aromatic carbocycles. The number of pyridine rings is 1. The minimum Gasteiger partial charge on any atom is -0.397 e. The van der Waals surface area contributed by atoms with E-state index in [9.17, 15) is 4.79 Å². The molecule has 0 saturated heterocycles. The molecule has 1 heterocycles. The summed E-state index contributed by atoms with van der Waals surface area (Å²) in [6, 6.07) is 9.77. The molecule has 2 rings (SSSR count). The fourth-order valence-electron chi connectivity index (χ4n) is 2.04. The summed E-state index contributed by atoms with van der Waals surface area (Å²) in [6.07, 6.45) is 2.41. The van der Waals surface area contributed by atoms with Crippen LogP contribution in [-0.2, 0) is 13.0 Å². The van der Waals surface area contributed by atoms with E-state index in [2.05, 4.69) is 29.4 Å². The number of primary amides is 1. The van der Waals surface area contributed by atoms with Crippen molar-refractivity contribution < 1.29 is 4.79 Å². The van der Waals surface area contributed by atoms with Crippen molar-refractivity contribution in [3.63, 3.8) is 0 Å². The summed E-state index contributed by atoms with van der Waals surface area (Å²) in [5.41, 5.74) is 14.0. The monoisotopic (exact) mass is 270 g/mol. The van der Waals surface area contributed by atoms with Gasteiger partial charge in [0.25, 0.3) is 5.91 Å². The molecule has 0 bridgehead atoms. The van der Waals surface area contributed by atoms with Crippen LogP contribution in [0.25, 0.3) is 0 Å². The molecule has 0 saturated carbocycles. The molecule has 0 radical (unpaired) electrons. The fourth-order valence-corrected chi connectivity index (χ4v) is 2.04. The van der Waals surface area contributed by atoms with E-state index in [0.29, 0.717) is 12.4 Å². The Morgan fingerprint density at radius 2 is 2.00 bits per heavy atom. The molecule has 0 aliphatic heterocycles. The zero-order valence-corrected chi connectivity index (χ0v) is 11.4. The number of benzene rings is 1. The number of nitrogen functional groups attached to an aromatic ring is 1.